The van der Waals surface area contributed by atoms with Crippen molar-refractivity contribution in [2.45, 2.75) is 0 Å². The van der Waals surface area contributed by atoms with Crippen LogP contribution in [0, 0.1) is 10.1 Å². The molecule has 0 spiro atoms. The topological polar surface area (TPSA) is 102 Å². The summed E-state index contributed by atoms with van der Waals surface area (Å²) < 4.78 is 0. The van der Waals surface area contributed by atoms with Gasteiger partial charge in [-0.3, -0.25) is 0 Å². The number of hydrogen-bond donors (Lipinski definition) is 2. The lowest BCUT2D eigenvalue weighted by molar-refractivity contribution is -0.625. The second kappa shape index (κ2) is 4.08. The van der Waals surface area contributed by atoms with Crippen molar-refractivity contribution in [3.63, 3.8) is 0 Å². The normalized spacial score (nSPS) is 9.14. The minimum absolute atomic E-state index is 0.106. The van der Waals surface area contributed by atoms with Crippen LogP contribution < -0.4 is 11.2 Å². The van der Waals surface area contributed by atoms with Crippen molar-refractivity contribution >= 4 is 11.7 Å². The van der Waals surface area contributed by atoms with E-state index in [0.717, 1.165) is 0 Å². The smallest absolute Gasteiger partial charge is 0.345 e. The van der Waals surface area contributed by atoms with Crippen LogP contribution >= 0.6 is 0 Å². The summed E-state index contributed by atoms with van der Waals surface area (Å²) in [4.78, 5) is 20.9. The maximum atomic E-state index is 10.6. The molecule has 1 rings (SSSR count). The van der Waals surface area contributed by atoms with Crippen LogP contribution in [0.1, 0.15) is 0 Å². The molecule has 0 radical (unpaired) electrons. The van der Waals surface area contributed by atoms with Crippen molar-refractivity contribution in [1.82, 2.24) is 5.12 Å². The number of benzene rings is 1. The number of carbonyl (C=O) groups is 1. The molecule has 74 valence electrons. The Bertz CT molecular complexity index is 326. The first-order valence-corrected chi connectivity index (χ1v) is 3.67. The lowest BCUT2D eigenvalue weighted by Gasteiger charge is -2.10. The molecule has 3 N–H and O–H groups in total. The molecule has 0 aliphatic rings. The summed E-state index contributed by atoms with van der Waals surface area (Å²) in [6.07, 6.45) is 0. The number of rotatable bonds is 3. The first-order chi connectivity index (χ1) is 6.61. The summed E-state index contributed by atoms with van der Waals surface area (Å²) in [7, 11) is 0. The Labute approximate surface area is 79.2 Å². The van der Waals surface area contributed by atoms with Gasteiger partial charge in [0, 0.05) is 0 Å². The monoisotopic (exact) mass is 196 g/mol. The first-order valence-electron chi connectivity index (χ1n) is 3.67. The summed E-state index contributed by atoms with van der Waals surface area (Å²) in [5, 5.41) is 9.48. The fourth-order valence-corrected chi connectivity index (χ4v) is 0.811. The molecule has 0 heterocycles. The number of hydrogen-bond acceptors (Lipinski definition) is 4. The average Bonchev–Trinajstić information content (AvgIpc) is 2.15. The number of nitrogens with zero attached hydrogens (tertiary/aromatic N) is 2. The van der Waals surface area contributed by atoms with Crippen molar-refractivity contribution in [3.05, 3.63) is 40.4 Å². The predicted octanol–water partition coefficient (Wildman–Crippen LogP) is 0.586. The number of urea groups is 1. The fourth-order valence-electron chi connectivity index (χ4n) is 0.811. The number of nitro groups is 1. The molecule has 1 aromatic rings. The first kappa shape index (κ1) is 9.78. The van der Waals surface area contributed by atoms with Crippen molar-refractivity contribution in [1.29, 1.82) is 0 Å². The minimum atomic E-state index is -1.18. The molecule has 0 aliphatic carbocycles. The molecule has 0 aromatic heterocycles. The van der Waals surface area contributed by atoms with Gasteiger partial charge in [0.2, 0.25) is 0 Å². The van der Waals surface area contributed by atoms with Crippen LogP contribution in [-0.4, -0.2) is 16.2 Å². The average molecular weight is 196 g/mol. The van der Waals surface area contributed by atoms with E-state index in [4.69, 9.17) is 5.73 Å². The van der Waals surface area contributed by atoms with Gasteiger partial charge in [-0.1, -0.05) is 18.2 Å². The van der Waals surface area contributed by atoms with E-state index in [-0.39, 0.29) is 5.12 Å². The molecule has 0 atom stereocenters. The molecule has 1 aromatic carbocycles. The molecule has 7 heteroatoms. The summed E-state index contributed by atoms with van der Waals surface area (Å²) in [5.74, 6) is 0. The van der Waals surface area contributed by atoms with E-state index in [1.807, 2.05) is 0 Å². The van der Waals surface area contributed by atoms with E-state index >= 15 is 0 Å². The van der Waals surface area contributed by atoms with Crippen LogP contribution in [0.2, 0.25) is 0 Å². The van der Waals surface area contributed by atoms with Gasteiger partial charge in [0.05, 0.1) is 10.8 Å². The highest BCUT2D eigenvalue weighted by Crippen LogP contribution is 2.06. The Morgan fingerprint density at radius 3 is 2.43 bits per heavy atom. The molecular weight excluding hydrogens is 188 g/mol. The van der Waals surface area contributed by atoms with Gasteiger partial charge in [0.1, 0.15) is 0 Å². The largest absolute Gasteiger partial charge is 0.398 e. The molecule has 0 unspecified atom stereocenters. The highest BCUT2D eigenvalue weighted by atomic mass is 16.7. The van der Waals surface area contributed by atoms with Crippen molar-refractivity contribution in [2.24, 2.45) is 5.73 Å². The van der Waals surface area contributed by atoms with Crippen LogP contribution in [0.3, 0.4) is 0 Å². The number of para-hydroxylation sites is 1. The molecule has 0 bridgehead atoms. The Morgan fingerprint density at radius 1 is 1.43 bits per heavy atom. The number of hydrazine groups is 2. The Morgan fingerprint density at radius 2 is 2.00 bits per heavy atom. The van der Waals surface area contributed by atoms with Crippen LogP contribution in [0.4, 0.5) is 10.5 Å². The Hall–Kier alpha value is -2.31. The number of carbonyl (C=O) groups excluding carboxylic acids is 1. The highest BCUT2D eigenvalue weighted by Gasteiger charge is 2.20. The number of anilines is 1. The minimum Gasteiger partial charge on any atom is -0.345 e. The molecule has 0 fully saturated rings. The number of nitrogens with one attached hydrogen (secondary N) is 1. The Balaban J connectivity index is 2.75. The standard InChI is InChI=1S/C7H8N4O3/c8-7(12)10(11(13)14)9-6-4-2-1-3-5-6/h1-5,9H,(H2,8,12). The SMILES string of the molecule is NC(=O)N(Nc1ccccc1)[N+](=O)[O-]. The van der Waals surface area contributed by atoms with Crippen LogP contribution in [0.25, 0.3) is 0 Å². The van der Waals surface area contributed by atoms with Crippen LogP contribution in [0.15, 0.2) is 30.3 Å². The maximum Gasteiger partial charge on any atom is 0.398 e. The van der Waals surface area contributed by atoms with Gasteiger partial charge in [0.15, 0.2) is 5.03 Å². The van der Waals surface area contributed by atoms with E-state index in [1.165, 1.54) is 0 Å². The molecule has 0 saturated heterocycles. The zero-order chi connectivity index (χ0) is 10.6. The third kappa shape index (κ3) is 2.34. The zero-order valence-electron chi connectivity index (χ0n) is 7.08. The van der Waals surface area contributed by atoms with E-state index in [9.17, 15) is 14.9 Å². The maximum absolute atomic E-state index is 10.6. The molecule has 7 nitrogen and oxygen atoms in total. The number of primary amides is 1. The van der Waals surface area contributed by atoms with Gasteiger partial charge in [-0.25, -0.2) is 20.3 Å². The number of nitrogens with two attached hydrogens (primary N) is 1. The summed E-state index contributed by atoms with van der Waals surface area (Å²) in [6, 6.07) is 7.03. The second-order valence-electron chi connectivity index (χ2n) is 2.37. The van der Waals surface area contributed by atoms with Gasteiger partial charge >= 0.3 is 6.03 Å². The fraction of sp³-hybridized carbons (Fsp3) is 0. The third-order valence-electron chi connectivity index (χ3n) is 1.38. The molecule has 0 saturated carbocycles. The zero-order valence-corrected chi connectivity index (χ0v) is 7.08. The van der Waals surface area contributed by atoms with Crippen LogP contribution in [-0.2, 0) is 0 Å². The number of amides is 2. The lowest BCUT2D eigenvalue weighted by atomic mass is 10.3. The van der Waals surface area contributed by atoms with Crippen molar-refractivity contribution in [3.8, 4) is 0 Å². The van der Waals surface area contributed by atoms with Gasteiger partial charge in [0.25, 0.3) is 0 Å². The quantitative estimate of drug-likeness (QED) is 0.545. The van der Waals surface area contributed by atoms with Crippen LogP contribution in [0.5, 0.6) is 0 Å². The van der Waals surface area contributed by atoms with E-state index in [0.29, 0.717) is 5.69 Å². The van der Waals surface area contributed by atoms with Crippen molar-refractivity contribution < 1.29 is 9.83 Å². The molecule has 0 aliphatic heterocycles. The van der Waals surface area contributed by atoms with Gasteiger partial charge in [-0.05, 0) is 12.1 Å². The summed E-state index contributed by atoms with van der Waals surface area (Å²) in [5.41, 5.74) is 7.41. The Kier molecular flexibility index (Phi) is 2.85. The van der Waals surface area contributed by atoms with Gasteiger partial charge < -0.3 is 5.73 Å². The van der Waals surface area contributed by atoms with Gasteiger partial charge in [-0.2, -0.15) is 0 Å². The van der Waals surface area contributed by atoms with E-state index in [1.54, 1.807) is 30.3 Å². The highest BCUT2D eigenvalue weighted by molar-refractivity contribution is 5.72. The summed E-state index contributed by atoms with van der Waals surface area (Å²) in [6.45, 7) is 0. The van der Waals surface area contributed by atoms with Crippen molar-refractivity contribution in [2.75, 3.05) is 5.43 Å². The van der Waals surface area contributed by atoms with E-state index < -0.39 is 11.1 Å². The molecular formula is C7H8N4O3. The van der Waals surface area contributed by atoms with E-state index in [2.05, 4.69) is 5.43 Å². The molecule has 14 heavy (non-hydrogen) atoms. The summed E-state index contributed by atoms with van der Waals surface area (Å²) >= 11 is 0. The van der Waals surface area contributed by atoms with Gasteiger partial charge in [-0.15, -0.1) is 0 Å². The third-order valence-corrected chi connectivity index (χ3v) is 1.38. The lowest BCUT2D eigenvalue weighted by Crippen LogP contribution is -2.44. The second-order valence-corrected chi connectivity index (χ2v) is 2.37. The molecule has 2 amide bonds. The predicted molar refractivity (Wildman–Crippen MR) is 48.5 cm³/mol.